The highest BCUT2D eigenvalue weighted by molar-refractivity contribution is 5.98. The van der Waals surface area contributed by atoms with E-state index in [0.717, 1.165) is 61.6 Å². The third-order valence-electron chi connectivity index (χ3n) is 10.1. The van der Waals surface area contributed by atoms with E-state index in [0.29, 0.717) is 22.8 Å². The number of hydrogen-bond acceptors (Lipinski definition) is 6. The van der Waals surface area contributed by atoms with Crippen LogP contribution in [0.1, 0.15) is 16.7 Å². The van der Waals surface area contributed by atoms with Crippen molar-refractivity contribution in [2.45, 2.75) is 6.17 Å². The predicted octanol–water partition coefficient (Wildman–Crippen LogP) is 11.0. The molecule has 3 heterocycles. The quantitative estimate of drug-likeness (QED) is 0.164. The monoisotopic (exact) mass is 707 g/mol. The largest absolute Gasteiger partial charge is 0.343 e. The minimum absolute atomic E-state index is 0.451. The number of aromatic nitrogens is 3. The van der Waals surface area contributed by atoms with E-state index in [1.807, 2.05) is 91.0 Å². The van der Waals surface area contributed by atoms with E-state index in [-0.39, 0.29) is 0 Å². The van der Waals surface area contributed by atoms with Crippen LogP contribution in [0.2, 0.25) is 0 Å². The number of hydrogen-bond donors (Lipinski definition) is 0. The number of rotatable bonds is 7. The van der Waals surface area contributed by atoms with Crippen molar-refractivity contribution >= 4 is 40.0 Å². The summed E-state index contributed by atoms with van der Waals surface area (Å²) in [6, 6.07) is 59.0. The lowest BCUT2D eigenvalue weighted by atomic mass is 10.0. The third kappa shape index (κ3) is 5.87. The SMILES string of the molecule is Cn1c(-c2ccccc2)c(C=CC2N(c3ccc(C#N)cc3)c3nc(-c4ccccc4)c(-c4ccccc4)nc3N2c2ccc(C#N)cc2)c2ccccc21. The zero-order valence-electron chi connectivity index (χ0n) is 30.0. The summed E-state index contributed by atoms with van der Waals surface area (Å²) >= 11 is 0. The molecule has 0 saturated carbocycles. The van der Waals surface area contributed by atoms with Crippen molar-refractivity contribution in [1.82, 2.24) is 14.5 Å². The van der Waals surface area contributed by atoms with Crippen molar-refractivity contribution in [2.75, 3.05) is 9.80 Å². The first kappa shape index (κ1) is 33.1. The fourth-order valence-corrected chi connectivity index (χ4v) is 7.54. The second-order valence-electron chi connectivity index (χ2n) is 13.3. The van der Waals surface area contributed by atoms with Crippen LogP contribution in [-0.4, -0.2) is 20.7 Å². The molecule has 2 aromatic heterocycles. The van der Waals surface area contributed by atoms with Crippen molar-refractivity contribution < 1.29 is 0 Å². The highest BCUT2D eigenvalue weighted by Crippen LogP contribution is 2.49. The van der Waals surface area contributed by atoms with Crippen molar-refractivity contribution in [3.63, 3.8) is 0 Å². The Labute approximate surface area is 319 Å². The van der Waals surface area contributed by atoms with Gasteiger partial charge in [-0.15, -0.1) is 0 Å². The first-order chi connectivity index (χ1) is 27.1. The van der Waals surface area contributed by atoms with Gasteiger partial charge in [0, 0.05) is 46.0 Å². The van der Waals surface area contributed by atoms with Gasteiger partial charge in [0.2, 0.25) is 0 Å². The van der Waals surface area contributed by atoms with Gasteiger partial charge in [-0.25, -0.2) is 9.97 Å². The zero-order chi connectivity index (χ0) is 37.3. The summed E-state index contributed by atoms with van der Waals surface area (Å²) in [7, 11) is 2.11. The highest BCUT2D eigenvalue weighted by Gasteiger charge is 2.40. The topological polar surface area (TPSA) is 84.8 Å². The average Bonchev–Trinajstić information content (AvgIpc) is 3.73. The molecular weight excluding hydrogens is 675 g/mol. The molecule has 9 rings (SSSR count). The van der Waals surface area contributed by atoms with Crippen LogP contribution < -0.4 is 9.80 Å². The maximum atomic E-state index is 9.73. The number of benzene rings is 6. The van der Waals surface area contributed by atoms with E-state index < -0.39 is 6.17 Å². The molecule has 0 N–H and O–H groups in total. The van der Waals surface area contributed by atoms with E-state index in [4.69, 9.17) is 9.97 Å². The van der Waals surface area contributed by atoms with Gasteiger partial charge < -0.3 is 4.57 Å². The zero-order valence-corrected chi connectivity index (χ0v) is 30.0. The van der Waals surface area contributed by atoms with Crippen LogP contribution in [0.3, 0.4) is 0 Å². The van der Waals surface area contributed by atoms with Crippen LogP contribution in [0.4, 0.5) is 23.0 Å². The Kier molecular flexibility index (Phi) is 8.43. The molecule has 260 valence electrons. The predicted molar refractivity (Wildman–Crippen MR) is 221 cm³/mol. The van der Waals surface area contributed by atoms with Crippen LogP contribution >= 0.6 is 0 Å². The Bertz CT molecular complexity index is 2650. The van der Waals surface area contributed by atoms with Gasteiger partial charge in [-0.2, -0.15) is 10.5 Å². The van der Waals surface area contributed by atoms with Crippen LogP contribution in [0.5, 0.6) is 0 Å². The first-order valence-corrected chi connectivity index (χ1v) is 18.1. The van der Waals surface area contributed by atoms with Crippen molar-refractivity contribution in [2.24, 2.45) is 7.05 Å². The molecule has 0 radical (unpaired) electrons. The van der Waals surface area contributed by atoms with Gasteiger partial charge in [-0.3, -0.25) is 9.80 Å². The summed E-state index contributed by atoms with van der Waals surface area (Å²) in [5.74, 6) is 1.34. The molecule has 0 aliphatic carbocycles. The van der Waals surface area contributed by atoms with Crippen molar-refractivity contribution in [3.05, 3.63) is 187 Å². The Balaban J connectivity index is 1.32. The molecule has 0 amide bonds. The second-order valence-corrected chi connectivity index (χ2v) is 13.3. The third-order valence-corrected chi connectivity index (χ3v) is 10.1. The molecule has 1 aliphatic rings. The fraction of sp³-hybridized carbons (Fsp3) is 0.0417. The Morgan fingerprint density at radius 3 is 1.44 bits per heavy atom. The molecule has 6 aromatic carbocycles. The number of nitriles is 2. The highest BCUT2D eigenvalue weighted by atomic mass is 15.5. The van der Waals surface area contributed by atoms with Gasteiger partial charge in [0.25, 0.3) is 0 Å². The second kappa shape index (κ2) is 14.0. The van der Waals surface area contributed by atoms with Crippen LogP contribution in [-0.2, 0) is 7.05 Å². The number of para-hydroxylation sites is 1. The van der Waals surface area contributed by atoms with Gasteiger partial charge in [-0.1, -0.05) is 115 Å². The summed E-state index contributed by atoms with van der Waals surface area (Å²) in [4.78, 5) is 15.4. The summed E-state index contributed by atoms with van der Waals surface area (Å²) in [6.07, 6.45) is 3.97. The Morgan fingerprint density at radius 1 is 0.527 bits per heavy atom. The lowest BCUT2D eigenvalue weighted by molar-refractivity contribution is 0.827. The van der Waals surface area contributed by atoms with Crippen LogP contribution in [0, 0.1) is 22.7 Å². The minimum atomic E-state index is -0.451. The molecule has 1 aliphatic heterocycles. The van der Waals surface area contributed by atoms with Gasteiger partial charge in [0.1, 0.15) is 6.17 Å². The molecule has 0 saturated heterocycles. The van der Waals surface area contributed by atoms with E-state index in [1.54, 1.807) is 0 Å². The van der Waals surface area contributed by atoms with E-state index in [2.05, 4.69) is 119 Å². The van der Waals surface area contributed by atoms with E-state index in [1.165, 1.54) is 0 Å². The molecular formula is C48H33N7. The van der Waals surface area contributed by atoms with Crippen molar-refractivity contribution in [1.29, 1.82) is 10.5 Å². The smallest absolute Gasteiger partial charge is 0.179 e. The molecule has 7 nitrogen and oxygen atoms in total. The van der Waals surface area contributed by atoms with Crippen LogP contribution in [0.15, 0.2) is 170 Å². The maximum absolute atomic E-state index is 9.73. The lowest BCUT2D eigenvalue weighted by Crippen LogP contribution is -2.36. The standard InChI is InChI=1S/C48H33N7/c1-53-42-20-12-11-19-40(42)41(46(53)37-17-9-4-10-18-37)29-30-43-54(38-25-21-33(31-49)22-26-38)47-48(55(43)39-27-23-34(32-50)24-28-39)52-45(36-15-7-3-8-16-36)44(51-47)35-13-5-2-6-14-35/h2-30,43H,1H3. The molecule has 7 heteroatoms. The Hall–Kier alpha value is -7.74. The molecule has 55 heavy (non-hydrogen) atoms. The van der Waals surface area contributed by atoms with Crippen molar-refractivity contribution in [3.8, 4) is 45.9 Å². The summed E-state index contributed by atoms with van der Waals surface area (Å²) in [6.45, 7) is 0. The maximum Gasteiger partial charge on any atom is 0.179 e. The Morgan fingerprint density at radius 2 is 0.964 bits per heavy atom. The molecule has 8 aromatic rings. The van der Waals surface area contributed by atoms with E-state index >= 15 is 0 Å². The number of aryl methyl sites for hydroxylation is 1. The molecule has 0 fully saturated rings. The normalized spacial score (nSPS) is 12.6. The molecule has 0 unspecified atom stereocenters. The van der Waals surface area contributed by atoms with Gasteiger partial charge >= 0.3 is 0 Å². The number of nitrogens with zero attached hydrogens (tertiary/aromatic N) is 7. The van der Waals surface area contributed by atoms with Crippen LogP contribution in [0.25, 0.3) is 50.8 Å². The van der Waals surface area contributed by atoms with Gasteiger partial charge in [0.15, 0.2) is 11.6 Å². The molecule has 0 atom stereocenters. The first-order valence-electron chi connectivity index (χ1n) is 18.1. The summed E-state index contributed by atoms with van der Waals surface area (Å²) < 4.78 is 2.26. The average molecular weight is 708 g/mol. The lowest BCUT2D eigenvalue weighted by Gasteiger charge is -2.30. The number of fused-ring (bicyclic) bond motifs is 2. The minimum Gasteiger partial charge on any atom is -0.343 e. The van der Waals surface area contributed by atoms with E-state index in [9.17, 15) is 10.5 Å². The fourth-order valence-electron chi connectivity index (χ4n) is 7.54. The molecule has 0 spiro atoms. The van der Waals surface area contributed by atoms with Gasteiger partial charge in [-0.05, 0) is 66.2 Å². The summed E-state index contributed by atoms with van der Waals surface area (Å²) in [5, 5.41) is 20.6. The number of anilines is 4. The molecule has 0 bridgehead atoms. The van der Waals surface area contributed by atoms with Gasteiger partial charge in [0.05, 0.1) is 40.3 Å². The summed E-state index contributed by atoms with van der Waals surface area (Å²) in [5.41, 5.74) is 10.7.